The molecule has 0 fully saturated rings. The maximum Gasteiger partial charge on any atom is 0.364 e. The van der Waals surface area contributed by atoms with Gasteiger partial charge in [0.2, 0.25) is 5.69 Å². The van der Waals surface area contributed by atoms with Crippen LogP contribution in [0.2, 0.25) is 0 Å². The third kappa shape index (κ3) is 2.79. The summed E-state index contributed by atoms with van der Waals surface area (Å²) in [5, 5.41) is 19.5. The Morgan fingerprint density at radius 1 is 1.68 bits per heavy atom. The first-order valence-corrected chi connectivity index (χ1v) is 4.96. The van der Waals surface area contributed by atoms with Crippen LogP contribution in [-0.2, 0) is 4.74 Å². The number of pyridine rings is 1. The molecule has 0 unspecified atom stereocenters. The highest BCUT2D eigenvalue weighted by Crippen LogP contribution is 2.33. The van der Waals surface area contributed by atoms with E-state index in [0.717, 1.165) is 0 Å². The van der Waals surface area contributed by atoms with Gasteiger partial charge in [0.25, 0.3) is 6.43 Å². The molecular weight excluding hydrogens is 264 g/mol. The van der Waals surface area contributed by atoms with Crippen molar-refractivity contribution < 1.29 is 23.2 Å². The maximum absolute atomic E-state index is 12.8. The summed E-state index contributed by atoms with van der Waals surface area (Å²) in [7, 11) is 0. The Morgan fingerprint density at radius 2 is 2.32 bits per heavy atom. The van der Waals surface area contributed by atoms with Crippen LogP contribution in [0.5, 0.6) is 0 Å². The average molecular weight is 271 g/mol. The van der Waals surface area contributed by atoms with E-state index in [-0.39, 0.29) is 6.61 Å². The minimum atomic E-state index is -3.29. The van der Waals surface area contributed by atoms with Gasteiger partial charge in [0, 0.05) is 6.20 Å². The summed E-state index contributed by atoms with van der Waals surface area (Å²) in [6.45, 7) is 1.35. The van der Waals surface area contributed by atoms with Gasteiger partial charge in [-0.2, -0.15) is 5.26 Å². The van der Waals surface area contributed by atoms with E-state index in [0.29, 0.717) is 6.20 Å². The number of hydrogen-bond donors (Lipinski definition) is 0. The van der Waals surface area contributed by atoms with Crippen molar-refractivity contribution in [1.82, 2.24) is 4.98 Å². The predicted molar refractivity (Wildman–Crippen MR) is 56.5 cm³/mol. The lowest BCUT2D eigenvalue weighted by molar-refractivity contribution is -0.386. The molecule has 0 spiro atoms. The Balaban J connectivity index is 3.59. The van der Waals surface area contributed by atoms with Gasteiger partial charge in [0.15, 0.2) is 0 Å². The summed E-state index contributed by atoms with van der Waals surface area (Å²) in [6.07, 6.45) is -2.60. The van der Waals surface area contributed by atoms with E-state index in [1.165, 1.54) is 13.0 Å². The van der Waals surface area contributed by atoms with Crippen LogP contribution in [0.3, 0.4) is 0 Å². The molecular formula is C10H7F2N3O4. The maximum atomic E-state index is 12.8. The Bertz CT molecular complexity index is 569. The summed E-state index contributed by atoms with van der Waals surface area (Å²) in [5.41, 5.74) is -3.84. The molecule has 1 heterocycles. The third-order valence-corrected chi connectivity index (χ3v) is 2.08. The van der Waals surface area contributed by atoms with Gasteiger partial charge in [-0.1, -0.05) is 0 Å². The molecule has 0 saturated heterocycles. The minimum Gasteiger partial charge on any atom is -0.461 e. The summed E-state index contributed by atoms with van der Waals surface area (Å²) in [5.74, 6) is -1.19. The van der Waals surface area contributed by atoms with Crippen molar-refractivity contribution in [3.8, 4) is 6.07 Å². The monoisotopic (exact) mass is 271 g/mol. The van der Waals surface area contributed by atoms with Crippen molar-refractivity contribution in [1.29, 1.82) is 5.26 Å². The number of hydrogen-bond acceptors (Lipinski definition) is 6. The average Bonchev–Trinajstić information content (AvgIpc) is 2.36. The number of nitrogens with zero attached hydrogens (tertiary/aromatic N) is 3. The van der Waals surface area contributed by atoms with Crippen LogP contribution in [0.25, 0.3) is 0 Å². The van der Waals surface area contributed by atoms with E-state index in [9.17, 15) is 23.7 Å². The third-order valence-electron chi connectivity index (χ3n) is 2.08. The highest BCUT2D eigenvalue weighted by atomic mass is 19.3. The zero-order valence-corrected chi connectivity index (χ0v) is 9.59. The van der Waals surface area contributed by atoms with Crippen LogP contribution < -0.4 is 0 Å². The molecule has 0 N–H and O–H groups in total. The molecule has 0 aliphatic rings. The van der Waals surface area contributed by atoms with Crippen molar-refractivity contribution in [2.24, 2.45) is 0 Å². The van der Waals surface area contributed by atoms with E-state index in [1.807, 2.05) is 0 Å². The van der Waals surface area contributed by atoms with Gasteiger partial charge >= 0.3 is 11.7 Å². The Kier molecular flexibility index (Phi) is 4.41. The fourth-order valence-electron chi connectivity index (χ4n) is 1.36. The molecule has 0 aliphatic carbocycles. The molecule has 1 rings (SSSR count). The van der Waals surface area contributed by atoms with Crippen LogP contribution in [0.15, 0.2) is 6.20 Å². The molecule has 0 radical (unpaired) electrons. The molecule has 0 bridgehead atoms. The van der Waals surface area contributed by atoms with E-state index < -0.39 is 39.8 Å². The molecule has 0 aliphatic heterocycles. The Hall–Kier alpha value is -2.63. The fourth-order valence-corrected chi connectivity index (χ4v) is 1.36. The van der Waals surface area contributed by atoms with E-state index in [2.05, 4.69) is 9.72 Å². The van der Waals surface area contributed by atoms with Gasteiger partial charge in [-0.15, -0.1) is 0 Å². The lowest BCUT2D eigenvalue weighted by atomic mass is 10.1. The number of alkyl halides is 2. The first-order valence-electron chi connectivity index (χ1n) is 4.96. The Morgan fingerprint density at radius 3 is 2.74 bits per heavy atom. The zero-order chi connectivity index (χ0) is 14.6. The van der Waals surface area contributed by atoms with Gasteiger partial charge in [0.05, 0.1) is 17.1 Å². The second-order valence-corrected chi connectivity index (χ2v) is 3.17. The quantitative estimate of drug-likeness (QED) is 0.470. The summed E-state index contributed by atoms with van der Waals surface area (Å²) >= 11 is 0. The van der Waals surface area contributed by atoms with Crippen molar-refractivity contribution >= 4 is 11.7 Å². The molecule has 0 saturated carbocycles. The van der Waals surface area contributed by atoms with E-state index in [1.54, 1.807) is 0 Å². The molecule has 1 aromatic heterocycles. The van der Waals surface area contributed by atoms with Gasteiger partial charge in [-0.25, -0.2) is 18.6 Å². The molecule has 7 nitrogen and oxygen atoms in total. The minimum absolute atomic E-state index is 0.0956. The van der Waals surface area contributed by atoms with Crippen LogP contribution >= 0.6 is 0 Å². The van der Waals surface area contributed by atoms with Crippen LogP contribution in [0, 0.1) is 21.4 Å². The number of aromatic nitrogens is 1. The zero-order valence-electron chi connectivity index (χ0n) is 9.59. The molecule has 0 atom stereocenters. The van der Waals surface area contributed by atoms with E-state index in [4.69, 9.17) is 5.26 Å². The number of esters is 1. The standard InChI is InChI=1S/C10H7F2N3O4/c1-2-19-10(16)7-8(15(17)18)6(9(11)12)5(3-13)4-14-7/h4,9H,2H2,1H3. The molecule has 0 amide bonds. The van der Waals surface area contributed by atoms with Crippen LogP contribution in [-0.4, -0.2) is 22.5 Å². The fraction of sp³-hybridized carbons (Fsp3) is 0.300. The number of halogens is 2. The lowest BCUT2D eigenvalue weighted by Crippen LogP contribution is -2.13. The topological polar surface area (TPSA) is 106 Å². The summed E-state index contributed by atoms with van der Waals surface area (Å²) < 4.78 is 30.2. The normalized spacial score (nSPS) is 10.1. The number of rotatable bonds is 4. The predicted octanol–water partition coefficient (Wildman–Crippen LogP) is 1.98. The SMILES string of the molecule is CCOC(=O)c1ncc(C#N)c(C(F)F)c1[N+](=O)[O-]. The van der Waals surface area contributed by atoms with Gasteiger partial charge in [-0.05, 0) is 6.92 Å². The summed E-state index contributed by atoms with van der Waals surface area (Å²) in [4.78, 5) is 24.4. The smallest absolute Gasteiger partial charge is 0.364 e. The van der Waals surface area contributed by atoms with Gasteiger partial charge in [-0.3, -0.25) is 10.1 Å². The largest absolute Gasteiger partial charge is 0.461 e. The van der Waals surface area contributed by atoms with E-state index >= 15 is 0 Å². The molecule has 1 aromatic rings. The number of ether oxygens (including phenoxy) is 1. The second kappa shape index (κ2) is 5.81. The summed E-state index contributed by atoms with van der Waals surface area (Å²) in [6, 6.07) is 1.37. The highest BCUT2D eigenvalue weighted by Gasteiger charge is 2.34. The van der Waals surface area contributed by atoms with Crippen molar-refractivity contribution in [2.45, 2.75) is 13.3 Å². The molecule has 100 valence electrons. The molecule has 19 heavy (non-hydrogen) atoms. The first kappa shape index (κ1) is 14.4. The number of carbonyl (C=O) groups is 1. The van der Waals surface area contributed by atoms with Crippen LogP contribution in [0.4, 0.5) is 14.5 Å². The van der Waals surface area contributed by atoms with Gasteiger partial charge < -0.3 is 4.74 Å². The van der Waals surface area contributed by atoms with Crippen molar-refractivity contribution in [3.05, 3.63) is 33.1 Å². The van der Waals surface area contributed by atoms with Crippen molar-refractivity contribution in [2.75, 3.05) is 6.61 Å². The first-order chi connectivity index (χ1) is 8.93. The van der Waals surface area contributed by atoms with Gasteiger partial charge in [0.1, 0.15) is 11.6 Å². The number of carbonyl (C=O) groups excluding carboxylic acids is 1. The van der Waals surface area contributed by atoms with Crippen molar-refractivity contribution in [3.63, 3.8) is 0 Å². The highest BCUT2D eigenvalue weighted by molar-refractivity contribution is 5.92. The number of nitriles is 1. The lowest BCUT2D eigenvalue weighted by Gasteiger charge is -2.07. The number of nitro groups is 1. The molecule has 0 aromatic carbocycles. The Labute approximate surface area is 105 Å². The molecule has 9 heteroatoms. The second-order valence-electron chi connectivity index (χ2n) is 3.17. The van der Waals surface area contributed by atoms with Crippen LogP contribution in [0.1, 0.15) is 35.0 Å².